The average Bonchev–Trinajstić information content (AvgIpc) is 2.51. The number of carbonyl (C=O) groups is 1. The zero-order valence-electron chi connectivity index (χ0n) is 14.4. The first kappa shape index (κ1) is 18.8. The Bertz CT molecular complexity index is 512. The van der Waals surface area contributed by atoms with Gasteiger partial charge in [0.1, 0.15) is 5.75 Å². The van der Waals surface area contributed by atoms with Crippen LogP contribution in [-0.2, 0) is 0 Å². The van der Waals surface area contributed by atoms with Crippen LogP contribution in [0.2, 0.25) is 0 Å². The number of amides is 1. The lowest BCUT2D eigenvalue weighted by molar-refractivity contribution is 0.0955. The van der Waals surface area contributed by atoms with Crippen LogP contribution in [0.5, 0.6) is 5.75 Å². The zero-order chi connectivity index (χ0) is 17.2. The molecular formula is C17H28N4O2. The summed E-state index contributed by atoms with van der Waals surface area (Å²) in [6.45, 7) is 10.2. The maximum absolute atomic E-state index is 11.9. The van der Waals surface area contributed by atoms with Crippen LogP contribution < -0.4 is 16.0 Å². The molecule has 0 aliphatic heterocycles. The molecule has 0 heterocycles. The Hall–Kier alpha value is -2.24. The first-order chi connectivity index (χ1) is 10.9. The van der Waals surface area contributed by atoms with Gasteiger partial charge in [-0.3, -0.25) is 9.79 Å². The highest BCUT2D eigenvalue weighted by Crippen LogP contribution is 2.09. The van der Waals surface area contributed by atoms with E-state index in [1.165, 1.54) is 12.1 Å². The zero-order valence-corrected chi connectivity index (χ0v) is 14.4. The summed E-state index contributed by atoms with van der Waals surface area (Å²) in [6.07, 6.45) is 0. The van der Waals surface area contributed by atoms with E-state index in [2.05, 4.69) is 41.7 Å². The molecule has 0 aliphatic rings. The fourth-order valence-corrected chi connectivity index (χ4v) is 1.75. The van der Waals surface area contributed by atoms with Crippen LogP contribution in [0.15, 0.2) is 29.3 Å². The van der Waals surface area contributed by atoms with E-state index in [-0.39, 0.29) is 11.7 Å². The highest BCUT2D eigenvalue weighted by Gasteiger charge is 2.09. The standard InChI is InChI=1S/C17H28N4O2/c1-5-18-17(21-13(4)12(2)3)20-11-10-19-16(23)14-6-8-15(22)9-7-14/h6-9,12-13,22H,5,10-11H2,1-4H3,(H,19,23)(H2,18,20,21). The minimum atomic E-state index is -0.172. The topological polar surface area (TPSA) is 85.8 Å². The Morgan fingerprint density at radius 2 is 1.83 bits per heavy atom. The molecule has 0 bridgehead atoms. The number of nitrogens with zero attached hydrogens (tertiary/aromatic N) is 1. The lowest BCUT2D eigenvalue weighted by Gasteiger charge is -2.20. The smallest absolute Gasteiger partial charge is 0.251 e. The molecule has 1 aromatic rings. The van der Waals surface area contributed by atoms with Crippen molar-refractivity contribution in [1.29, 1.82) is 0 Å². The second-order valence-corrected chi connectivity index (χ2v) is 5.74. The van der Waals surface area contributed by atoms with E-state index < -0.39 is 0 Å². The summed E-state index contributed by atoms with van der Waals surface area (Å²) in [5.74, 6) is 1.24. The van der Waals surface area contributed by atoms with Gasteiger partial charge in [-0.05, 0) is 44.0 Å². The molecule has 23 heavy (non-hydrogen) atoms. The van der Waals surface area contributed by atoms with E-state index >= 15 is 0 Å². The quantitative estimate of drug-likeness (QED) is 0.350. The van der Waals surface area contributed by atoms with Gasteiger partial charge in [-0.25, -0.2) is 0 Å². The highest BCUT2D eigenvalue weighted by molar-refractivity contribution is 5.94. The predicted molar refractivity (Wildman–Crippen MR) is 93.9 cm³/mol. The third kappa shape index (κ3) is 7.04. The van der Waals surface area contributed by atoms with E-state index in [1.54, 1.807) is 12.1 Å². The Balaban J connectivity index is 2.45. The van der Waals surface area contributed by atoms with Gasteiger partial charge < -0.3 is 21.1 Å². The highest BCUT2D eigenvalue weighted by atomic mass is 16.3. The number of hydrogen-bond donors (Lipinski definition) is 4. The first-order valence-corrected chi connectivity index (χ1v) is 8.06. The Kier molecular flexibility index (Phi) is 7.94. The van der Waals surface area contributed by atoms with Gasteiger partial charge in [-0.15, -0.1) is 0 Å². The number of benzene rings is 1. The van der Waals surface area contributed by atoms with E-state index in [4.69, 9.17) is 0 Å². The maximum atomic E-state index is 11.9. The van der Waals surface area contributed by atoms with Crippen LogP contribution >= 0.6 is 0 Å². The molecule has 1 rings (SSSR count). The predicted octanol–water partition coefficient (Wildman–Crippen LogP) is 1.72. The minimum Gasteiger partial charge on any atom is -0.508 e. The largest absolute Gasteiger partial charge is 0.508 e. The van der Waals surface area contributed by atoms with Crippen molar-refractivity contribution in [1.82, 2.24) is 16.0 Å². The lowest BCUT2D eigenvalue weighted by Crippen LogP contribution is -2.44. The van der Waals surface area contributed by atoms with Crippen LogP contribution in [-0.4, -0.2) is 42.6 Å². The van der Waals surface area contributed by atoms with Crippen molar-refractivity contribution in [3.63, 3.8) is 0 Å². The fraction of sp³-hybridized carbons (Fsp3) is 0.529. The van der Waals surface area contributed by atoms with Gasteiger partial charge in [0.05, 0.1) is 6.54 Å². The summed E-state index contributed by atoms with van der Waals surface area (Å²) in [5.41, 5.74) is 0.519. The fourth-order valence-electron chi connectivity index (χ4n) is 1.75. The first-order valence-electron chi connectivity index (χ1n) is 8.06. The van der Waals surface area contributed by atoms with Crippen molar-refractivity contribution in [2.45, 2.75) is 33.7 Å². The Morgan fingerprint density at radius 1 is 1.17 bits per heavy atom. The molecule has 1 aromatic carbocycles. The molecule has 128 valence electrons. The second kappa shape index (κ2) is 9.71. The van der Waals surface area contributed by atoms with Gasteiger partial charge >= 0.3 is 0 Å². The summed E-state index contributed by atoms with van der Waals surface area (Å²) < 4.78 is 0. The number of carbonyl (C=O) groups excluding carboxylic acids is 1. The van der Waals surface area contributed by atoms with Crippen LogP contribution in [0.4, 0.5) is 0 Å². The normalized spacial score (nSPS) is 12.8. The molecule has 0 radical (unpaired) electrons. The third-order valence-corrected chi connectivity index (χ3v) is 3.51. The van der Waals surface area contributed by atoms with Crippen molar-refractivity contribution < 1.29 is 9.90 Å². The van der Waals surface area contributed by atoms with Gasteiger partial charge in [0.2, 0.25) is 0 Å². The Morgan fingerprint density at radius 3 is 2.39 bits per heavy atom. The van der Waals surface area contributed by atoms with Crippen LogP contribution in [0, 0.1) is 5.92 Å². The van der Waals surface area contributed by atoms with Gasteiger partial charge in [0.25, 0.3) is 5.91 Å². The molecule has 6 nitrogen and oxygen atoms in total. The van der Waals surface area contributed by atoms with Gasteiger partial charge in [-0.2, -0.15) is 0 Å². The van der Waals surface area contributed by atoms with Gasteiger partial charge in [-0.1, -0.05) is 13.8 Å². The number of nitrogens with one attached hydrogen (secondary N) is 3. The maximum Gasteiger partial charge on any atom is 0.251 e. The van der Waals surface area contributed by atoms with Gasteiger partial charge in [0, 0.05) is 24.7 Å². The SMILES string of the molecule is CCNC(=NCCNC(=O)c1ccc(O)cc1)NC(C)C(C)C. The molecule has 0 saturated heterocycles. The number of hydrogen-bond acceptors (Lipinski definition) is 3. The molecule has 0 aliphatic carbocycles. The van der Waals surface area contributed by atoms with E-state index in [1.807, 2.05) is 6.92 Å². The summed E-state index contributed by atoms with van der Waals surface area (Å²) in [5, 5.41) is 18.6. The molecule has 4 N–H and O–H groups in total. The number of aromatic hydroxyl groups is 1. The molecular weight excluding hydrogens is 292 g/mol. The van der Waals surface area contributed by atoms with Crippen LogP contribution in [0.1, 0.15) is 38.1 Å². The van der Waals surface area contributed by atoms with Crippen molar-refractivity contribution in [3.8, 4) is 5.75 Å². The van der Waals surface area contributed by atoms with Crippen molar-refractivity contribution in [3.05, 3.63) is 29.8 Å². The molecule has 0 aromatic heterocycles. The summed E-state index contributed by atoms with van der Waals surface area (Å²) in [6, 6.07) is 6.48. The molecule has 0 saturated carbocycles. The van der Waals surface area contributed by atoms with Crippen molar-refractivity contribution in [2.75, 3.05) is 19.6 Å². The number of guanidine groups is 1. The minimum absolute atomic E-state index is 0.145. The third-order valence-electron chi connectivity index (χ3n) is 3.51. The van der Waals surface area contributed by atoms with Gasteiger partial charge in [0.15, 0.2) is 5.96 Å². The van der Waals surface area contributed by atoms with Crippen LogP contribution in [0.25, 0.3) is 0 Å². The molecule has 0 fully saturated rings. The van der Waals surface area contributed by atoms with E-state index in [0.29, 0.717) is 30.6 Å². The molecule has 6 heteroatoms. The summed E-state index contributed by atoms with van der Waals surface area (Å²) in [7, 11) is 0. The Labute approximate surface area is 138 Å². The summed E-state index contributed by atoms with van der Waals surface area (Å²) >= 11 is 0. The van der Waals surface area contributed by atoms with E-state index in [9.17, 15) is 9.90 Å². The average molecular weight is 320 g/mol. The van der Waals surface area contributed by atoms with E-state index in [0.717, 1.165) is 12.5 Å². The number of rotatable bonds is 7. The number of phenolic OH excluding ortho intramolecular Hbond substituents is 1. The van der Waals surface area contributed by atoms with Crippen molar-refractivity contribution in [2.24, 2.45) is 10.9 Å². The number of phenols is 1. The summed E-state index contributed by atoms with van der Waals surface area (Å²) in [4.78, 5) is 16.4. The second-order valence-electron chi connectivity index (χ2n) is 5.74. The molecule has 0 spiro atoms. The molecule has 1 amide bonds. The van der Waals surface area contributed by atoms with Crippen molar-refractivity contribution >= 4 is 11.9 Å². The lowest BCUT2D eigenvalue weighted by atomic mass is 10.1. The molecule has 1 atom stereocenters. The number of aliphatic imine (C=N–C) groups is 1. The molecule has 1 unspecified atom stereocenters. The van der Waals surface area contributed by atoms with Crippen LogP contribution in [0.3, 0.4) is 0 Å². The monoisotopic (exact) mass is 320 g/mol.